The van der Waals surface area contributed by atoms with E-state index < -0.39 is 10.0 Å². The van der Waals surface area contributed by atoms with Gasteiger partial charge in [0.25, 0.3) is 10.0 Å². The Labute approximate surface area is 107 Å². The highest BCUT2D eigenvalue weighted by Gasteiger charge is 2.37. The number of nitrogens with zero attached hydrogens (tertiary/aromatic N) is 2. The molecule has 0 aliphatic carbocycles. The van der Waals surface area contributed by atoms with E-state index in [1.54, 1.807) is 0 Å². The van der Waals surface area contributed by atoms with E-state index in [4.69, 9.17) is 5.11 Å². The fourth-order valence-electron chi connectivity index (χ4n) is 2.61. The predicted molar refractivity (Wildman–Crippen MR) is 66.3 cm³/mol. The molecule has 102 valence electrons. The van der Waals surface area contributed by atoms with Gasteiger partial charge in [-0.2, -0.15) is 9.40 Å². The van der Waals surface area contributed by atoms with Crippen molar-refractivity contribution in [1.29, 1.82) is 0 Å². The first-order valence-corrected chi connectivity index (χ1v) is 7.59. The fraction of sp³-hybridized carbons (Fsp3) is 0.727. The molecule has 1 aliphatic rings. The SMILES string of the molecule is C[C@@H]1CCC[C@H](C)N1S(=O)(=O)c1[nH]ncc1CO. The molecule has 0 unspecified atom stereocenters. The average molecular weight is 273 g/mol. The highest BCUT2D eigenvalue weighted by atomic mass is 32.2. The number of sulfonamides is 1. The van der Waals surface area contributed by atoms with E-state index in [1.165, 1.54) is 10.5 Å². The van der Waals surface area contributed by atoms with Crippen molar-refractivity contribution in [1.82, 2.24) is 14.5 Å². The molecule has 0 radical (unpaired) electrons. The van der Waals surface area contributed by atoms with Crippen LogP contribution in [0.3, 0.4) is 0 Å². The van der Waals surface area contributed by atoms with Crippen molar-refractivity contribution in [2.24, 2.45) is 0 Å². The number of aliphatic hydroxyl groups is 1. The molecule has 6 nitrogen and oxygen atoms in total. The maximum atomic E-state index is 12.6. The zero-order chi connectivity index (χ0) is 13.3. The van der Waals surface area contributed by atoms with E-state index in [1.807, 2.05) is 13.8 Å². The molecule has 1 saturated heterocycles. The van der Waals surface area contributed by atoms with Gasteiger partial charge in [-0.1, -0.05) is 6.42 Å². The summed E-state index contributed by atoms with van der Waals surface area (Å²) < 4.78 is 26.7. The molecule has 2 atom stereocenters. The summed E-state index contributed by atoms with van der Waals surface area (Å²) in [6.07, 6.45) is 4.13. The van der Waals surface area contributed by atoms with Gasteiger partial charge in [0.2, 0.25) is 0 Å². The van der Waals surface area contributed by atoms with Gasteiger partial charge in [-0.15, -0.1) is 0 Å². The second kappa shape index (κ2) is 4.99. The molecule has 2 heterocycles. The Kier molecular flexibility index (Phi) is 3.74. The molecule has 2 rings (SSSR count). The summed E-state index contributed by atoms with van der Waals surface area (Å²) >= 11 is 0. The van der Waals surface area contributed by atoms with E-state index in [0.717, 1.165) is 19.3 Å². The Morgan fingerprint density at radius 1 is 1.44 bits per heavy atom. The second-order valence-corrected chi connectivity index (χ2v) is 6.63. The second-order valence-electron chi connectivity index (χ2n) is 4.85. The first-order chi connectivity index (χ1) is 8.48. The van der Waals surface area contributed by atoms with Crippen LogP contribution in [0, 0.1) is 0 Å². The average Bonchev–Trinajstić information content (AvgIpc) is 2.77. The molecule has 2 N–H and O–H groups in total. The van der Waals surface area contributed by atoms with Gasteiger partial charge < -0.3 is 5.11 Å². The lowest BCUT2D eigenvalue weighted by Crippen LogP contribution is -2.47. The van der Waals surface area contributed by atoms with Crippen LogP contribution in [0.4, 0.5) is 0 Å². The normalized spacial score (nSPS) is 26.4. The van der Waals surface area contributed by atoms with Crippen LogP contribution in [0.15, 0.2) is 11.2 Å². The molecular weight excluding hydrogens is 254 g/mol. The van der Waals surface area contributed by atoms with Crippen LogP contribution in [0.2, 0.25) is 0 Å². The Morgan fingerprint density at radius 3 is 2.61 bits per heavy atom. The summed E-state index contributed by atoms with van der Waals surface area (Å²) in [5.74, 6) is 0. The zero-order valence-electron chi connectivity index (χ0n) is 10.6. The van der Waals surface area contributed by atoms with Crippen molar-refractivity contribution in [2.45, 2.75) is 56.8 Å². The number of aliphatic hydroxyl groups excluding tert-OH is 1. The summed E-state index contributed by atoms with van der Waals surface area (Å²) in [6, 6.07) is -0.0396. The number of rotatable bonds is 3. The summed E-state index contributed by atoms with van der Waals surface area (Å²) in [6.45, 7) is 3.51. The Morgan fingerprint density at radius 2 is 2.06 bits per heavy atom. The molecule has 0 amide bonds. The summed E-state index contributed by atoms with van der Waals surface area (Å²) in [7, 11) is -3.60. The van der Waals surface area contributed by atoms with Gasteiger partial charge in [0.05, 0.1) is 12.8 Å². The number of hydrogen-bond donors (Lipinski definition) is 2. The molecule has 0 saturated carbocycles. The Balaban J connectivity index is 2.41. The predicted octanol–water partition coefficient (Wildman–Crippen LogP) is 0.854. The highest BCUT2D eigenvalue weighted by molar-refractivity contribution is 7.89. The number of nitrogens with one attached hydrogen (secondary N) is 1. The molecule has 0 spiro atoms. The molecule has 1 aromatic heterocycles. The van der Waals surface area contributed by atoms with Crippen LogP contribution in [-0.4, -0.2) is 40.1 Å². The fourth-order valence-corrected chi connectivity index (χ4v) is 4.60. The third kappa shape index (κ3) is 2.17. The van der Waals surface area contributed by atoms with Crippen LogP contribution in [0.5, 0.6) is 0 Å². The van der Waals surface area contributed by atoms with Crippen molar-refractivity contribution in [3.63, 3.8) is 0 Å². The smallest absolute Gasteiger partial charge is 0.260 e. The standard InChI is InChI=1S/C11H19N3O3S/c1-8-4-3-5-9(2)14(8)18(16,17)11-10(7-15)6-12-13-11/h6,8-9,15H,3-5,7H2,1-2H3,(H,12,13)/t8-,9+. The molecule has 0 aromatic carbocycles. The number of hydrogen-bond acceptors (Lipinski definition) is 4. The molecule has 18 heavy (non-hydrogen) atoms. The van der Waals surface area contributed by atoms with Crippen LogP contribution in [-0.2, 0) is 16.6 Å². The Bertz CT molecular complexity index is 501. The highest BCUT2D eigenvalue weighted by Crippen LogP contribution is 2.29. The third-order valence-electron chi connectivity index (χ3n) is 3.50. The lowest BCUT2D eigenvalue weighted by atomic mass is 10.0. The van der Waals surface area contributed by atoms with Gasteiger partial charge in [-0.3, -0.25) is 5.10 Å². The van der Waals surface area contributed by atoms with E-state index in [-0.39, 0.29) is 23.7 Å². The van der Waals surface area contributed by atoms with Gasteiger partial charge in [-0.25, -0.2) is 8.42 Å². The molecule has 0 bridgehead atoms. The minimum atomic E-state index is -3.60. The summed E-state index contributed by atoms with van der Waals surface area (Å²) in [5, 5.41) is 15.4. The molecule has 7 heteroatoms. The minimum Gasteiger partial charge on any atom is -0.392 e. The first-order valence-electron chi connectivity index (χ1n) is 6.15. The van der Waals surface area contributed by atoms with E-state index in [0.29, 0.717) is 5.56 Å². The number of piperidine rings is 1. The van der Waals surface area contributed by atoms with E-state index >= 15 is 0 Å². The minimum absolute atomic E-state index is 0.0191. The topological polar surface area (TPSA) is 86.3 Å². The van der Waals surface area contributed by atoms with Crippen LogP contribution in [0.1, 0.15) is 38.7 Å². The molecule has 1 aliphatic heterocycles. The van der Waals surface area contributed by atoms with Crippen molar-refractivity contribution in [3.05, 3.63) is 11.8 Å². The van der Waals surface area contributed by atoms with Crippen LogP contribution >= 0.6 is 0 Å². The summed E-state index contributed by atoms with van der Waals surface area (Å²) in [5.41, 5.74) is 0.319. The lowest BCUT2D eigenvalue weighted by molar-refractivity contribution is 0.203. The quantitative estimate of drug-likeness (QED) is 0.855. The van der Waals surface area contributed by atoms with Gasteiger partial charge in [0.1, 0.15) is 0 Å². The maximum Gasteiger partial charge on any atom is 0.260 e. The lowest BCUT2D eigenvalue weighted by Gasteiger charge is -2.37. The Hall–Kier alpha value is -0.920. The van der Waals surface area contributed by atoms with Gasteiger partial charge in [0.15, 0.2) is 5.03 Å². The van der Waals surface area contributed by atoms with Crippen molar-refractivity contribution in [2.75, 3.05) is 0 Å². The number of H-pyrrole nitrogens is 1. The van der Waals surface area contributed by atoms with Crippen molar-refractivity contribution >= 4 is 10.0 Å². The van der Waals surface area contributed by atoms with Gasteiger partial charge >= 0.3 is 0 Å². The van der Waals surface area contributed by atoms with Crippen LogP contribution in [0.25, 0.3) is 0 Å². The molecule has 1 fully saturated rings. The van der Waals surface area contributed by atoms with Crippen molar-refractivity contribution < 1.29 is 13.5 Å². The van der Waals surface area contributed by atoms with Gasteiger partial charge in [0, 0.05) is 17.6 Å². The van der Waals surface area contributed by atoms with Crippen LogP contribution < -0.4 is 0 Å². The monoisotopic (exact) mass is 273 g/mol. The third-order valence-corrected chi connectivity index (χ3v) is 5.64. The molecular formula is C11H19N3O3S. The zero-order valence-corrected chi connectivity index (χ0v) is 11.4. The summed E-state index contributed by atoms with van der Waals surface area (Å²) in [4.78, 5) is 0. The molecule has 1 aromatic rings. The largest absolute Gasteiger partial charge is 0.392 e. The number of aromatic amines is 1. The van der Waals surface area contributed by atoms with Gasteiger partial charge in [-0.05, 0) is 26.7 Å². The van der Waals surface area contributed by atoms with E-state index in [9.17, 15) is 8.42 Å². The maximum absolute atomic E-state index is 12.6. The first kappa shape index (κ1) is 13.5. The van der Waals surface area contributed by atoms with E-state index in [2.05, 4.69) is 10.2 Å². The van der Waals surface area contributed by atoms with Crippen molar-refractivity contribution in [3.8, 4) is 0 Å². The number of aromatic nitrogens is 2.